The van der Waals surface area contributed by atoms with Crippen LogP contribution in [0, 0.1) is 0 Å². The first kappa shape index (κ1) is 21.0. The molecule has 0 aromatic rings. The van der Waals surface area contributed by atoms with Crippen LogP contribution in [0.5, 0.6) is 0 Å². The van der Waals surface area contributed by atoms with Crippen molar-refractivity contribution in [2.24, 2.45) is 0 Å². The zero-order chi connectivity index (χ0) is 17.2. The summed E-state index contributed by atoms with van der Waals surface area (Å²) in [7, 11) is 1.25. The maximum Gasteiger partial charge on any atom is 0.408 e. The fourth-order valence-electron chi connectivity index (χ4n) is 1.56. The molecule has 8 heteroatoms. The number of ether oxygens (including phenoxy) is 1. The molecule has 1 unspecified atom stereocenters. The molecule has 0 aliphatic rings. The molecular formula is C14H24BrNO6. The summed E-state index contributed by atoms with van der Waals surface area (Å²) >= 11 is 3.27. The molecule has 7 nitrogen and oxygen atoms in total. The third-order valence-electron chi connectivity index (χ3n) is 2.61. The zero-order valence-corrected chi connectivity index (χ0v) is 15.0. The summed E-state index contributed by atoms with van der Waals surface area (Å²) < 4.78 is 5.09. The number of rotatable bonds is 10. The summed E-state index contributed by atoms with van der Waals surface area (Å²) in [5.41, 5.74) is -2.56. The molecule has 0 aliphatic carbocycles. The predicted molar refractivity (Wildman–Crippen MR) is 83.8 cm³/mol. The molecule has 0 aliphatic heterocycles. The Morgan fingerprint density at radius 2 is 1.86 bits per heavy atom. The van der Waals surface area contributed by atoms with Gasteiger partial charge in [-0.1, -0.05) is 15.9 Å². The lowest BCUT2D eigenvalue weighted by atomic mass is 9.93. The molecule has 0 spiro atoms. The topological polar surface area (TPSA) is 90.9 Å². The smallest absolute Gasteiger partial charge is 0.408 e. The normalized spacial score (nSPS) is 14.0. The van der Waals surface area contributed by atoms with Crippen LogP contribution >= 0.6 is 15.9 Å². The first-order valence-electron chi connectivity index (χ1n) is 6.93. The molecule has 1 atom stereocenters. The van der Waals surface area contributed by atoms with Crippen molar-refractivity contribution in [2.45, 2.75) is 51.2 Å². The maximum absolute atomic E-state index is 12.3. The van der Waals surface area contributed by atoms with Crippen LogP contribution in [0.3, 0.4) is 0 Å². The lowest BCUT2D eigenvalue weighted by molar-refractivity contribution is -0.279. The van der Waals surface area contributed by atoms with E-state index in [0.717, 1.165) is 11.8 Å². The fraction of sp³-hybridized carbons (Fsp3) is 0.786. The molecule has 1 N–H and O–H groups in total. The minimum atomic E-state index is -1.81. The van der Waals surface area contributed by atoms with Gasteiger partial charge in [-0.05, 0) is 33.6 Å². The number of ketones is 1. The Balaban J connectivity index is 5.02. The molecule has 0 saturated heterocycles. The number of nitrogens with one attached hydrogen (secondary N) is 1. The number of carbonyl (C=O) groups excluding carboxylic acids is 3. The van der Waals surface area contributed by atoms with Gasteiger partial charge in [0.15, 0.2) is 17.6 Å². The second kappa shape index (κ2) is 9.91. The highest BCUT2D eigenvalue weighted by molar-refractivity contribution is 9.09. The molecule has 22 heavy (non-hydrogen) atoms. The van der Waals surface area contributed by atoms with Gasteiger partial charge in [0, 0.05) is 11.8 Å². The average molecular weight is 382 g/mol. The van der Waals surface area contributed by atoms with Crippen molar-refractivity contribution in [3.63, 3.8) is 0 Å². The molecule has 0 rings (SSSR count). The number of aldehydes is 1. The van der Waals surface area contributed by atoms with Crippen molar-refractivity contribution in [1.82, 2.24) is 5.32 Å². The molecule has 0 aromatic heterocycles. The Kier molecular flexibility index (Phi) is 9.47. The van der Waals surface area contributed by atoms with Gasteiger partial charge < -0.3 is 14.8 Å². The number of hydrogen-bond donors (Lipinski definition) is 1. The third kappa shape index (κ3) is 7.86. The monoisotopic (exact) mass is 381 g/mol. The van der Waals surface area contributed by atoms with E-state index in [9.17, 15) is 14.4 Å². The fourth-order valence-corrected chi connectivity index (χ4v) is 1.95. The van der Waals surface area contributed by atoms with E-state index in [0.29, 0.717) is 12.7 Å². The molecule has 0 heterocycles. The largest absolute Gasteiger partial charge is 0.444 e. The standard InChI is InChI=1S/C14H24BrNO6/c1-13(2,3)22-12(19)16-14(9-17,10-21-20-4)11(18)7-5-6-8-15/h9H,5-8,10H2,1-4H3,(H,16,19). The predicted octanol–water partition coefficient (Wildman–Crippen LogP) is 2.16. The number of unbranched alkanes of at least 4 members (excludes halogenated alkanes) is 1. The van der Waals surface area contributed by atoms with Crippen molar-refractivity contribution in [3.05, 3.63) is 0 Å². The number of amides is 1. The van der Waals surface area contributed by atoms with Crippen LogP contribution in [-0.2, 0) is 24.1 Å². The number of alkyl halides is 1. The van der Waals surface area contributed by atoms with Crippen molar-refractivity contribution >= 4 is 34.1 Å². The molecule has 0 aromatic carbocycles. The molecule has 0 fully saturated rings. The van der Waals surface area contributed by atoms with Gasteiger partial charge in [-0.15, -0.1) is 0 Å². The zero-order valence-electron chi connectivity index (χ0n) is 13.4. The van der Waals surface area contributed by atoms with Crippen LogP contribution in [0.2, 0.25) is 0 Å². The van der Waals surface area contributed by atoms with E-state index in [1.165, 1.54) is 7.11 Å². The van der Waals surface area contributed by atoms with Crippen LogP contribution in [0.15, 0.2) is 0 Å². The van der Waals surface area contributed by atoms with Crippen LogP contribution in [0.4, 0.5) is 4.79 Å². The molecule has 0 bridgehead atoms. The van der Waals surface area contributed by atoms with Crippen LogP contribution in [-0.4, -0.2) is 48.3 Å². The number of halogens is 1. The van der Waals surface area contributed by atoms with Crippen molar-refractivity contribution < 1.29 is 28.9 Å². The molecule has 128 valence electrons. The van der Waals surface area contributed by atoms with Gasteiger partial charge in [-0.25, -0.2) is 14.6 Å². The highest BCUT2D eigenvalue weighted by Crippen LogP contribution is 2.14. The summed E-state index contributed by atoms with van der Waals surface area (Å²) in [6, 6.07) is 0. The number of alkyl carbamates (subject to hydrolysis) is 1. The van der Waals surface area contributed by atoms with E-state index in [-0.39, 0.29) is 6.42 Å². The lowest BCUT2D eigenvalue weighted by Gasteiger charge is -2.28. The van der Waals surface area contributed by atoms with Crippen LogP contribution < -0.4 is 5.32 Å². The summed E-state index contributed by atoms with van der Waals surface area (Å²) in [5, 5.41) is 3.06. The minimum Gasteiger partial charge on any atom is -0.444 e. The quantitative estimate of drug-likeness (QED) is 0.156. The van der Waals surface area contributed by atoms with Gasteiger partial charge in [-0.3, -0.25) is 4.79 Å². The number of Topliss-reactive ketones (excluding diaryl/α,β-unsaturated/α-hetero) is 1. The highest BCUT2D eigenvalue weighted by atomic mass is 79.9. The molecule has 0 saturated carbocycles. The minimum absolute atomic E-state index is 0.132. The van der Waals surface area contributed by atoms with Gasteiger partial charge >= 0.3 is 6.09 Å². The second-order valence-electron chi connectivity index (χ2n) is 5.71. The summed E-state index contributed by atoms with van der Waals surface area (Å²) in [6.07, 6.45) is 0.980. The van der Waals surface area contributed by atoms with Crippen molar-refractivity contribution in [2.75, 3.05) is 19.0 Å². The second-order valence-corrected chi connectivity index (χ2v) is 6.51. The van der Waals surface area contributed by atoms with Gasteiger partial charge in [0.1, 0.15) is 12.2 Å². The van der Waals surface area contributed by atoms with E-state index in [1.807, 2.05) is 0 Å². The average Bonchev–Trinajstić information content (AvgIpc) is 2.41. The number of hydrogen-bond acceptors (Lipinski definition) is 6. The first-order valence-corrected chi connectivity index (χ1v) is 8.05. The van der Waals surface area contributed by atoms with Crippen LogP contribution in [0.25, 0.3) is 0 Å². The van der Waals surface area contributed by atoms with Gasteiger partial charge in [0.2, 0.25) is 0 Å². The Morgan fingerprint density at radius 1 is 1.23 bits per heavy atom. The Hall–Kier alpha value is -0.990. The molecule has 1 amide bonds. The van der Waals surface area contributed by atoms with Crippen LogP contribution in [0.1, 0.15) is 40.0 Å². The highest BCUT2D eigenvalue weighted by Gasteiger charge is 2.41. The van der Waals surface area contributed by atoms with E-state index in [2.05, 4.69) is 26.1 Å². The van der Waals surface area contributed by atoms with Gasteiger partial charge in [0.25, 0.3) is 0 Å². The third-order valence-corrected chi connectivity index (χ3v) is 3.18. The Morgan fingerprint density at radius 3 is 2.32 bits per heavy atom. The van der Waals surface area contributed by atoms with E-state index < -0.39 is 29.6 Å². The van der Waals surface area contributed by atoms with Crippen molar-refractivity contribution in [1.29, 1.82) is 0 Å². The Bertz CT molecular complexity index is 382. The van der Waals surface area contributed by atoms with E-state index >= 15 is 0 Å². The SMILES string of the molecule is COOCC(C=O)(NC(=O)OC(C)(C)C)C(=O)CCCCBr. The summed E-state index contributed by atoms with van der Waals surface area (Å²) in [6.45, 7) is 4.62. The first-order chi connectivity index (χ1) is 10.2. The molecule has 0 radical (unpaired) electrons. The summed E-state index contributed by atoms with van der Waals surface area (Å²) in [4.78, 5) is 44.8. The van der Waals surface area contributed by atoms with E-state index in [4.69, 9.17) is 9.62 Å². The maximum atomic E-state index is 12.3. The van der Waals surface area contributed by atoms with Crippen molar-refractivity contribution in [3.8, 4) is 0 Å². The Labute approximate surface area is 139 Å². The summed E-state index contributed by atoms with van der Waals surface area (Å²) in [5.74, 6) is -0.452. The van der Waals surface area contributed by atoms with Gasteiger partial charge in [0.05, 0.1) is 7.11 Å². The number of carbonyl (C=O) groups is 3. The molecular weight excluding hydrogens is 358 g/mol. The lowest BCUT2D eigenvalue weighted by Crippen LogP contribution is -2.59. The van der Waals surface area contributed by atoms with E-state index in [1.54, 1.807) is 20.8 Å². The van der Waals surface area contributed by atoms with Gasteiger partial charge in [-0.2, -0.15) is 0 Å².